The second-order valence-electron chi connectivity index (χ2n) is 5.62. The lowest BCUT2D eigenvalue weighted by Crippen LogP contribution is -2.29. The molecule has 0 aliphatic rings. The van der Waals surface area contributed by atoms with Crippen molar-refractivity contribution in [3.63, 3.8) is 0 Å². The van der Waals surface area contributed by atoms with E-state index in [4.69, 9.17) is 24.2 Å². The Hall–Kier alpha value is -3.73. The van der Waals surface area contributed by atoms with E-state index in [1.54, 1.807) is 42.5 Å². The number of hydrogen-bond donors (Lipinski definition) is 1. The second-order valence-corrected chi connectivity index (χ2v) is 5.62. The number of carbonyl (C=O) groups is 2. The van der Waals surface area contributed by atoms with Gasteiger partial charge in [-0.2, -0.15) is 5.26 Å². The van der Waals surface area contributed by atoms with Crippen molar-refractivity contribution < 1.29 is 28.5 Å². The van der Waals surface area contributed by atoms with Crippen LogP contribution in [-0.4, -0.2) is 38.8 Å². The zero-order valence-electron chi connectivity index (χ0n) is 15.7. The maximum Gasteiger partial charge on any atom is 0.347 e. The number of ether oxygens (including phenoxy) is 4. The van der Waals surface area contributed by atoms with Crippen LogP contribution < -0.4 is 19.5 Å². The number of nitrogens with one attached hydrogen (secondary N) is 1. The number of amides is 1. The second kappa shape index (κ2) is 9.83. The lowest BCUT2D eigenvalue weighted by atomic mass is 10.2. The largest absolute Gasteiger partial charge is 0.497 e. The summed E-state index contributed by atoms with van der Waals surface area (Å²) in [6.07, 6.45) is -0.924. The third-order valence-corrected chi connectivity index (χ3v) is 3.65. The van der Waals surface area contributed by atoms with E-state index < -0.39 is 24.6 Å². The van der Waals surface area contributed by atoms with Crippen molar-refractivity contribution in [1.82, 2.24) is 0 Å². The molecule has 2 aromatic carbocycles. The lowest BCUT2D eigenvalue weighted by Gasteiger charge is -2.15. The summed E-state index contributed by atoms with van der Waals surface area (Å²) in [5.74, 6) is 0.159. The van der Waals surface area contributed by atoms with E-state index in [0.29, 0.717) is 28.5 Å². The van der Waals surface area contributed by atoms with E-state index in [-0.39, 0.29) is 0 Å². The van der Waals surface area contributed by atoms with E-state index in [2.05, 4.69) is 5.32 Å². The maximum absolute atomic E-state index is 12.1. The zero-order chi connectivity index (χ0) is 20.5. The van der Waals surface area contributed by atoms with Gasteiger partial charge in [0, 0.05) is 6.07 Å². The molecule has 0 saturated carbocycles. The maximum atomic E-state index is 12.1. The van der Waals surface area contributed by atoms with Crippen LogP contribution in [0, 0.1) is 11.3 Å². The van der Waals surface area contributed by atoms with Gasteiger partial charge < -0.3 is 24.3 Å². The Labute approximate surface area is 162 Å². The van der Waals surface area contributed by atoms with Crippen molar-refractivity contribution >= 4 is 17.6 Å². The molecule has 1 amide bonds. The Kier molecular flexibility index (Phi) is 7.22. The number of rotatable bonds is 8. The molecule has 0 saturated heterocycles. The first-order chi connectivity index (χ1) is 13.5. The molecule has 28 heavy (non-hydrogen) atoms. The van der Waals surface area contributed by atoms with Gasteiger partial charge in [-0.3, -0.25) is 4.79 Å². The molecule has 146 valence electrons. The molecule has 0 bridgehead atoms. The Balaban J connectivity index is 1.87. The molecular weight excluding hydrogens is 364 g/mol. The number of hydrogen-bond acceptors (Lipinski definition) is 7. The van der Waals surface area contributed by atoms with Gasteiger partial charge in [0.05, 0.1) is 31.5 Å². The smallest absolute Gasteiger partial charge is 0.347 e. The van der Waals surface area contributed by atoms with Crippen LogP contribution in [0.5, 0.6) is 17.2 Å². The fourth-order valence-corrected chi connectivity index (χ4v) is 2.21. The number of carbonyl (C=O) groups excluding carboxylic acids is 2. The van der Waals surface area contributed by atoms with Crippen LogP contribution in [0.3, 0.4) is 0 Å². The first-order valence-corrected chi connectivity index (χ1v) is 8.32. The molecule has 8 nitrogen and oxygen atoms in total. The summed E-state index contributed by atoms with van der Waals surface area (Å²) in [6.45, 7) is 1.02. The van der Waals surface area contributed by atoms with E-state index in [9.17, 15) is 9.59 Å². The molecule has 0 spiro atoms. The molecule has 0 aliphatic carbocycles. The highest BCUT2D eigenvalue weighted by atomic mass is 16.6. The van der Waals surface area contributed by atoms with Gasteiger partial charge in [-0.25, -0.2) is 4.79 Å². The minimum atomic E-state index is -0.924. The molecular formula is C20H20N2O6. The highest BCUT2D eigenvalue weighted by Crippen LogP contribution is 2.28. The van der Waals surface area contributed by atoms with Crippen LogP contribution in [0.2, 0.25) is 0 Å². The summed E-state index contributed by atoms with van der Waals surface area (Å²) in [7, 11) is 2.98. The number of nitriles is 1. The molecule has 2 rings (SSSR count). The van der Waals surface area contributed by atoms with Crippen LogP contribution in [0.4, 0.5) is 5.69 Å². The molecule has 0 aromatic heterocycles. The van der Waals surface area contributed by atoms with Crippen LogP contribution in [-0.2, 0) is 14.3 Å². The molecule has 0 aliphatic heterocycles. The average molecular weight is 384 g/mol. The molecule has 0 unspecified atom stereocenters. The van der Waals surface area contributed by atoms with Gasteiger partial charge in [0.2, 0.25) is 0 Å². The number of methoxy groups -OCH3 is 2. The first-order valence-electron chi connectivity index (χ1n) is 8.32. The van der Waals surface area contributed by atoms with Gasteiger partial charge in [0.25, 0.3) is 5.91 Å². The predicted octanol–water partition coefficient (Wildman–Crippen LogP) is 2.52. The molecule has 1 atom stereocenters. The van der Waals surface area contributed by atoms with E-state index in [1.165, 1.54) is 21.1 Å². The van der Waals surface area contributed by atoms with Crippen molar-refractivity contribution in [2.45, 2.75) is 13.0 Å². The molecule has 0 fully saturated rings. The van der Waals surface area contributed by atoms with Crippen molar-refractivity contribution in [1.29, 1.82) is 5.26 Å². The van der Waals surface area contributed by atoms with Crippen molar-refractivity contribution in [2.24, 2.45) is 0 Å². The van der Waals surface area contributed by atoms with Gasteiger partial charge in [-0.1, -0.05) is 0 Å². The number of esters is 1. The third-order valence-electron chi connectivity index (χ3n) is 3.65. The van der Waals surface area contributed by atoms with E-state index in [0.717, 1.165) is 0 Å². The summed E-state index contributed by atoms with van der Waals surface area (Å²) in [5, 5.41) is 11.4. The first kappa shape index (κ1) is 20.6. The highest BCUT2D eigenvalue weighted by Gasteiger charge is 2.18. The highest BCUT2D eigenvalue weighted by molar-refractivity contribution is 5.94. The van der Waals surface area contributed by atoms with E-state index >= 15 is 0 Å². The Morgan fingerprint density at radius 1 is 1.07 bits per heavy atom. The SMILES string of the molecule is COc1ccc(OC)c(NC(=O)COC(=O)[C@@H](C)Oc2ccc(C#N)cc2)c1. The molecule has 8 heteroatoms. The Bertz CT molecular complexity index is 873. The van der Waals surface area contributed by atoms with Gasteiger partial charge in [-0.15, -0.1) is 0 Å². The fraction of sp³-hybridized carbons (Fsp3) is 0.250. The van der Waals surface area contributed by atoms with Crippen molar-refractivity contribution in [2.75, 3.05) is 26.1 Å². The quantitative estimate of drug-likeness (QED) is 0.697. The summed E-state index contributed by atoms with van der Waals surface area (Å²) in [4.78, 5) is 24.1. The van der Waals surface area contributed by atoms with Crippen LogP contribution in [0.1, 0.15) is 12.5 Å². The summed E-state index contributed by atoms with van der Waals surface area (Å²) in [6, 6.07) is 13.2. The molecule has 1 N–H and O–H groups in total. The fourth-order valence-electron chi connectivity index (χ4n) is 2.21. The lowest BCUT2D eigenvalue weighted by molar-refractivity contribution is -0.153. The summed E-state index contributed by atoms with van der Waals surface area (Å²) in [5.41, 5.74) is 0.872. The molecule has 0 heterocycles. The Morgan fingerprint density at radius 2 is 1.75 bits per heavy atom. The van der Waals surface area contributed by atoms with Gasteiger partial charge >= 0.3 is 5.97 Å². The minimum absolute atomic E-state index is 0.393. The monoisotopic (exact) mass is 384 g/mol. The Morgan fingerprint density at radius 3 is 2.36 bits per heavy atom. The van der Waals surface area contributed by atoms with Crippen molar-refractivity contribution in [3.05, 3.63) is 48.0 Å². The van der Waals surface area contributed by atoms with Crippen LogP contribution in [0.25, 0.3) is 0 Å². The normalized spacial score (nSPS) is 10.9. The minimum Gasteiger partial charge on any atom is -0.497 e. The average Bonchev–Trinajstić information content (AvgIpc) is 2.72. The standard InChI is InChI=1S/C20H20N2O6/c1-13(28-15-6-4-14(11-21)5-7-15)20(24)27-12-19(23)22-17-10-16(25-2)8-9-18(17)26-3/h4-10,13H,12H2,1-3H3,(H,22,23)/t13-/m1/s1. The predicted molar refractivity (Wildman–Crippen MR) is 100 cm³/mol. The van der Waals surface area contributed by atoms with Crippen LogP contribution in [0.15, 0.2) is 42.5 Å². The van der Waals surface area contributed by atoms with E-state index in [1.807, 2.05) is 6.07 Å². The van der Waals surface area contributed by atoms with Gasteiger partial charge in [0.15, 0.2) is 12.7 Å². The molecule has 2 aromatic rings. The van der Waals surface area contributed by atoms with Crippen LogP contribution >= 0.6 is 0 Å². The van der Waals surface area contributed by atoms with Gasteiger partial charge in [0.1, 0.15) is 17.2 Å². The summed E-state index contributed by atoms with van der Waals surface area (Å²) < 4.78 is 20.7. The number of nitrogens with zero attached hydrogens (tertiary/aromatic N) is 1. The number of anilines is 1. The third kappa shape index (κ3) is 5.64. The summed E-state index contributed by atoms with van der Waals surface area (Å²) >= 11 is 0. The zero-order valence-corrected chi connectivity index (χ0v) is 15.7. The topological polar surface area (TPSA) is 107 Å². The molecule has 0 radical (unpaired) electrons. The number of benzene rings is 2. The van der Waals surface area contributed by atoms with Crippen molar-refractivity contribution in [3.8, 4) is 23.3 Å². The van der Waals surface area contributed by atoms with Gasteiger partial charge in [-0.05, 0) is 43.3 Å².